The van der Waals surface area contributed by atoms with Crippen LogP contribution in [0.1, 0.15) is 24.9 Å². The molecule has 2 atom stereocenters. The molecule has 6 heteroatoms. The Balaban J connectivity index is 1.84. The molecule has 1 heterocycles. The van der Waals surface area contributed by atoms with Crippen LogP contribution in [0.15, 0.2) is 55.1 Å². The van der Waals surface area contributed by atoms with E-state index in [-0.39, 0.29) is 18.4 Å². The number of carbonyl (C=O) groups excluding carboxylic acids is 1. The predicted octanol–water partition coefficient (Wildman–Crippen LogP) is 3.52. The first-order valence-corrected chi connectivity index (χ1v) is 9.37. The number of methoxy groups -OCH3 is 1. The molecule has 148 valence electrons. The second-order valence-corrected chi connectivity index (χ2v) is 7.10. The van der Waals surface area contributed by atoms with Crippen LogP contribution < -0.4 is 4.74 Å². The summed E-state index contributed by atoms with van der Waals surface area (Å²) in [7, 11) is 5.56. The van der Waals surface area contributed by atoms with Crippen LogP contribution in [-0.2, 0) is 9.53 Å². The fourth-order valence-corrected chi connectivity index (χ4v) is 3.29. The van der Waals surface area contributed by atoms with Crippen molar-refractivity contribution in [2.45, 2.75) is 25.4 Å². The summed E-state index contributed by atoms with van der Waals surface area (Å²) in [6.45, 7) is 2.52. The van der Waals surface area contributed by atoms with E-state index in [1.807, 2.05) is 30.9 Å². The lowest BCUT2D eigenvalue weighted by Crippen LogP contribution is -2.34. The minimum Gasteiger partial charge on any atom is -0.493 e. The average Bonchev–Trinajstić information content (AvgIpc) is 3.22. The molecule has 2 unspecified atom stereocenters. The van der Waals surface area contributed by atoms with Crippen LogP contribution in [0.4, 0.5) is 0 Å². The van der Waals surface area contributed by atoms with Crippen LogP contribution in [0.3, 0.4) is 0 Å². The number of imidazole rings is 1. The van der Waals surface area contributed by atoms with Gasteiger partial charge in [0.1, 0.15) is 5.75 Å². The highest BCUT2D eigenvalue weighted by Gasteiger charge is 2.22. The zero-order valence-corrected chi connectivity index (χ0v) is 16.8. The first kappa shape index (κ1) is 19.9. The number of hydrogen-bond donors (Lipinski definition) is 0. The van der Waals surface area contributed by atoms with Crippen molar-refractivity contribution in [2.24, 2.45) is 0 Å². The van der Waals surface area contributed by atoms with E-state index in [0.29, 0.717) is 12.6 Å². The molecule has 1 aromatic heterocycles. The number of aromatic nitrogens is 2. The van der Waals surface area contributed by atoms with Crippen molar-refractivity contribution in [1.29, 1.82) is 0 Å². The van der Waals surface area contributed by atoms with E-state index in [2.05, 4.69) is 64.5 Å². The molecule has 28 heavy (non-hydrogen) atoms. The van der Waals surface area contributed by atoms with Gasteiger partial charge >= 0.3 is 5.97 Å². The maximum atomic E-state index is 11.2. The summed E-state index contributed by atoms with van der Waals surface area (Å²) in [5.41, 5.74) is 1.23. The highest BCUT2D eigenvalue weighted by atomic mass is 16.5. The van der Waals surface area contributed by atoms with Gasteiger partial charge in [0.2, 0.25) is 0 Å². The molecule has 0 saturated heterocycles. The molecule has 2 aromatic carbocycles. The fourth-order valence-electron chi connectivity index (χ4n) is 3.29. The molecule has 0 amide bonds. The lowest BCUT2D eigenvalue weighted by Gasteiger charge is -2.31. The monoisotopic (exact) mass is 381 g/mol. The SMILES string of the molecule is COC(=O)CCOc1ccc2cc(C(C(C)N(C)C)n3ccnc3)ccc2c1. The quantitative estimate of drug-likeness (QED) is 0.559. The number of carbonyl (C=O) groups is 1. The Morgan fingerprint density at radius 1 is 1.18 bits per heavy atom. The van der Waals surface area contributed by atoms with Crippen LogP contribution in [-0.4, -0.2) is 54.3 Å². The van der Waals surface area contributed by atoms with Crippen LogP contribution in [0.2, 0.25) is 0 Å². The number of hydrogen-bond acceptors (Lipinski definition) is 5. The summed E-state index contributed by atoms with van der Waals surface area (Å²) in [6.07, 6.45) is 5.93. The molecule has 0 aliphatic heterocycles. The van der Waals surface area contributed by atoms with Gasteiger partial charge in [-0.3, -0.25) is 4.79 Å². The van der Waals surface area contributed by atoms with Gasteiger partial charge in [0.05, 0.1) is 32.5 Å². The van der Waals surface area contributed by atoms with Gasteiger partial charge in [-0.05, 0) is 55.6 Å². The Labute approximate surface area is 165 Å². The van der Waals surface area contributed by atoms with Crippen LogP contribution in [0, 0.1) is 0 Å². The normalized spacial score (nSPS) is 13.5. The van der Waals surface area contributed by atoms with Crippen molar-refractivity contribution in [2.75, 3.05) is 27.8 Å². The van der Waals surface area contributed by atoms with Crippen molar-refractivity contribution in [3.8, 4) is 5.75 Å². The largest absolute Gasteiger partial charge is 0.493 e. The third-order valence-corrected chi connectivity index (χ3v) is 5.10. The average molecular weight is 381 g/mol. The van der Waals surface area contributed by atoms with Crippen LogP contribution in [0.5, 0.6) is 5.75 Å². The Kier molecular flexibility index (Phi) is 6.31. The maximum Gasteiger partial charge on any atom is 0.308 e. The number of nitrogens with zero attached hydrogens (tertiary/aromatic N) is 3. The minimum atomic E-state index is -0.272. The molecule has 0 N–H and O–H groups in total. The van der Waals surface area contributed by atoms with Crippen molar-refractivity contribution >= 4 is 16.7 Å². The number of likely N-dealkylation sites (N-methyl/N-ethyl adjacent to an activating group) is 1. The fraction of sp³-hybridized carbons (Fsp3) is 0.364. The number of benzene rings is 2. The van der Waals surface area contributed by atoms with Gasteiger partial charge in [-0.1, -0.05) is 18.2 Å². The summed E-state index contributed by atoms with van der Waals surface area (Å²) in [5.74, 6) is 0.475. The second-order valence-electron chi connectivity index (χ2n) is 7.10. The van der Waals surface area contributed by atoms with Gasteiger partial charge in [-0.25, -0.2) is 4.98 Å². The van der Waals surface area contributed by atoms with Gasteiger partial charge in [0.25, 0.3) is 0 Å². The van der Waals surface area contributed by atoms with Gasteiger partial charge in [-0.2, -0.15) is 0 Å². The van der Waals surface area contributed by atoms with Crippen molar-refractivity contribution in [1.82, 2.24) is 14.5 Å². The molecule has 0 aliphatic rings. The van der Waals surface area contributed by atoms with Crippen molar-refractivity contribution < 1.29 is 14.3 Å². The Morgan fingerprint density at radius 3 is 2.61 bits per heavy atom. The first-order valence-electron chi connectivity index (χ1n) is 9.37. The third-order valence-electron chi connectivity index (χ3n) is 5.10. The summed E-state index contributed by atoms with van der Waals surface area (Å²) in [5, 5.41) is 2.25. The topological polar surface area (TPSA) is 56.6 Å². The molecule has 0 saturated carbocycles. The summed E-state index contributed by atoms with van der Waals surface area (Å²) >= 11 is 0. The summed E-state index contributed by atoms with van der Waals surface area (Å²) < 4.78 is 12.5. The number of fused-ring (bicyclic) bond motifs is 1. The van der Waals surface area contributed by atoms with E-state index >= 15 is 0 Å². The van der Waals surface area contributed by atoms with E-state index < -0.39 is 0 Å². The maximum absolute atomic E-state index is 11.2. The Hall–Kier alpha value is -2.86. The number of esters is 1. The molecule has 0 aliphatic carbocycles. The summed E-state index contributed by atoms with van der Waals surface area (Å²) in [6, 6.07) is 12.9. The minimum absolute atomic E-state index is 0.165. The highest BCUT2D eigenvalue weighted by molar-refractivity contribution is 5.84. The second kappa shape index (κ2) is 8.89. The molecule has 3 aromatic rings. The smallest absolute Gasteiger partial charge is 0.308 e. The number of rotatable bonds is 8. The molecule has 3 rings (SSSR count). The number of ether oxygens (including phenoxy) is 2. The molecule has 6 nitrogen and oxygen atoms in total. The van der Waals surface area contributed by atoms with E-state index in [4.69, 9.17) is 4.74 Å². The molecular formula is C22H27N3O3. The third kappa shape index (κ3) is 4.51. The molecular weight excluding hydrogens is 354 g/mol. The van der Waals surface area contributed by atoms with E-state index in [9.17, 15) is 4.79 Å². The standard InChI is InChI=1S/C22H27N3O3/c1-16(24(2)3)22(25-11-10-23-15-25)19-6-5-18-14-20(8-7-17(18)13-19)28-12-9-21(26)27-4/h5-8,10-11,13-16,22H,9,12H2,1-4H3. The van der Waals surface area contributed by atoms with Crippen LogP contribution in [0.25, 0.3) is 10.8 Å². The van der Waals surface area contributed by atoms with Gasteiger partial charge in [0, 0.05) is 18.4 Å². The molecule has 0 bridgehead atoms. The van der Waals surface area contributed by atoms with Crippen molar-refractivity contribution in [3.05, 3.63) is 60.7 Å². The van der Waals surface area contributed by atoms with E-state index in [0.717, 1.165) is 16.5 Å². The van der Waals surface area contributed by atoms with E-state index in [1.165, 1.54) is 12.7 Å². The zero-order chi connectivity index (χ0) is 20.1. The zero-order valence-electron chi connectivity index (χ0n) is 16.8. The van der Waals surface area contributed by atoms with Gasteiger partial charge < -0.3 is 18.9 Å². The lowest BCUT2D eigenvalue weighted by atomic mass is 9.96. The Bertz CT molecular complexity index is 922. The van der Waals surface area contributed by atoms with Crippen LogP contribution >= 0.6 is 0 Å². The lowest BCUT2D eigenvalue weighted by molar-refractivity contribution is -0.141. The molecule has 0 fully saturated rings. The highest BCUT2D eigenvalue weighted by Crippen LogP contribution is 2.29. The van der Waals surface area contributed by atoms with Crippen molar-refractivity contribution in [3.63, 3.8) is 0 Å². The molecule has 0 spiro atoms. The summed E-state index contributed by atoms with van der Waals surface area (Å²) in [4.78, 5) is 17.6. The predicted molar refractivity (Wildman–Crippen MR) is 110 cm³/mol. The first-order chi connectivity index (χ1) is 13.5. The van der Waals surface area contributed by atoms with Gasteiger partial charge in [0.15, 0.2) is 0 Å². The Morgan fingerprint density at radius 2 is 1.93 bits per heavy atom. The molecule has 0 radical (unpaired) electrons. The van der Waals surface area contributed by atoms with Gasteiger partial charge in [-0.15, -0.1) is 0 Å². The van der Waals surface area contributed by atoms with E-state index in [1.54, 1.807) is 0 Å².